The van der Waals surface area contributed by atoms with Crippen LogP contribution in [-0.4, -0.2) is 10.9 Å². The van der Waals surface area contributed by atoms with E-state index in [4.69, 9.17) is 5.73 Å². The first-order valence-electron chi connectivity index (χ1n) is 5.25. The van der Waals surface area contributed by atoms with E-state index in [9.17, 15) is 22.8 Å². The fourth-order valence-corrected chi connectivity index (χ4v) is 1.94. The SMILES string of the molecule is Cc1c(C(N)=O)c(=O)[nH]c2cc(C(F)(F)F)ccc12. The number of carbonyl (C=O) groups is 1. The van der Waals surface area contributed by atoms with Crippen LogP contribution in [0.1, 0.15) is 21.5 Å². The van der Waals surface area contributed by atoms with Crippen molar-refractivity contribution in [3.8, 4) is 0 Å². The van der Waals surface area contributed by atoms with E-state index >= 15 is 0 Å². The number of hydrogen-bond acceptors (Lipinski definition) is 2. The van der Waals surface area contributed by atoms with Gasteiger partial charge >= 0.3 is 6.18 Å². The number of alkyl halides is 3. The van der Waals surface area contributed by atoms with Crippen LogP contribution < -0.4 is 11.3 Å². The van der Waals surface area contributed by atoms with E-state index in [1.807, 2.05) is 0 Å². The Morgan fingerprint density at radius 1 is 1.32 bits per heavy atom. The first-order chi connectivity index (χ1) is 8.71. The number of aromatic nitrogens is 1. The van der Waals surface area contributed by atoms with Crippen LogP contribution in [0.4, 0.5) is 13.2 Å². The zero-order valence-corrected chi connectivity index (χ0v) is 9.76. The van der Waals surface area contributed by atoms with E-state index in [1.165, 1.54) is 13.0 Å². The van der Waals surface area contributed by atoms with E-state index in [1.54, 1.807) is 0 Å². The Balaban J connectivity index is 2.82. The quantitative estimate of drug-likeness (QED) is 0.831. The number of amides is 1. The summed E-state index contributed by atoms with van der Waals surface area (Å²) in [6.07, 6.45) is -4.50. The van der Waals surface area contributed by atoms with Gasteiger partial charge in [0.25, 0.3) is 11.5 Å². The summed E-state index contributed by atoms with van der Waals surface area (Å²) in [5.41, 5.74) is 3.44. The molecule has 0 aliphatic rings. The molecule has 2 rings (SSSR count). The molecule has 1 amide bonds. The molecule has 0 aliphatic heterocycles. The lowest BCUT2D eigenvalue weighted by Crippen LogP contribution is -2.25. The lowest BCUT2D eigenvalue weighted by molar-refractivity contribution is -0.137. The third-order valence-corrected chi connectivity index (χ3v) is 2.85. The highest BCUT2D eigenvalue weighted by atomic mass is 19.4. The van der Waals surface area contributed by atoms with Gasteiger partial charge < -0.3 is 10.7 Å². The first-order valence-corrected chi connectivity index (χ1v) is 5.25. The minimum Gasteiger partial charge on any atom is -0.365 e. The van der Waals surface area contributed by atoms with Gasteiger partial charge in [0.2, 0.25) is 0 Å². The summed E-state index contributed by atoms with van der Waals surface area (Å²) < 4.78 is 37.7. The van der Waals surface area contributed by atoms with Gasteiger partial charge in [-0.1, -0.05) is 6.07 Å². The zero-order valence-electron chi connectivity index (χ0n) is 9.76. The van der Waals surface area contributed by atoms with Crippen molar-refractivity contribution < 1.29 is 18.0 Å². The van der Waals surface area contributed by atoms with Crippen LogP contribution >= 0.6 is 0 Å². The average molecular weight is 270 g/mol. The molecule has 0 bridgehead atoms. The molecule has 0 atom stereocenters. The molecule has 7 heteroatoms. The van der Waals surface area contributed by atoms with Crippen LogP contribution in [0.25, 0.3) is 10.9 Å². The second kappa shape index (κ2) is 4.11. The van der Waals surface area contributed by atoms with Crippen LogP contribution in [-0.2, 0) is 6.18 Å². The highest BCUT2D eigenvalue weighted by molar-refractivity contribution is 5.98. The van der Waals surface area contributed by atoms with Gasteiger partial charge in [-0.25, -0.2) is 0 Å². The fraction of sp³-hybridized carbons (Fsp3) is 0.167. The van der Waals surface area contributed by atoms with Crippen LogP contribution in [0.2, 0.25) is 0 Å². The van der Waals surface area contributed by atoms with Gasteiger partial charge in [-0.05, 0) is 24.6 Å². The summed E-state index contributed by atoms with van der Waals surface area (Å²) in [5, 5.41) is 0.349. The zero-order chi connectivity index (χ0) is 14.4. The maximum Gasteiger partial charge on any atom is 0.416 e. The van der Waals surface area contributed by atoms with Crippen LogP contribution in [0.5, 0.6) is 0 Å². The van der Waals surface area contributed by atoms with Crippen molar-refractivity contribution in [3.63, 3.8) is 0 Å². The Bertz CT molecular complexity index is 732. The monoisotopic (exact) mass is 270 g/mol. The second-order valence-corrected chi connectivity index (χ2v) is 4.08. The Morgan fingerprint density at radius 2 is 1.95 bits per heavy atom. The number of halogens is 3. The van der Waals surface area contributed by atoms with Gasteiger partial charge in [-0.3, -0.25) is 9.59 Å². The Hall–Kier alpha value is -2.31. The number of benzene rings is 1. The van der Waals surface area contributed by atoms with Gasteiger partial charge in [-0.2, -0.15) is 13.2 Å². The number of aromatic amines is 1. The molecule has 100 valence electrons. The number of carbonyl (C=O) groups excluding carboxylic acids is 1. The summed E-state index contributed by atoms with van der Waals surface area (Å²) >= 11 is 0. The molecular formula is C12H9F3N2O2. The van der Waals surface area contributed by atoms with Crippen molar-refractivity contribution in [2.75, 3.05) is 0 Å². The summed E-state index contributed by atoms with van der Waals surface area (Å²) in [6.45, 7) is 1.46. The number of aryl methyl sites for hydroxylation is 1. The molecule has 4 nitrogen and oxygen atoms in total. The number of nitrogens with one attached hydrogen (secondary N) is 1. The summed E-state index contributed by atoms with van der Waals surface area (Å²) in [4.78, 5) is 25.0. The molecule has 0 spiro atoms. The van der Waals surface area contributed by atoms with Crippen molar-refractivity contribution >= 4 is 16.8 Å². The Kier molecular flexibility index (Phi) is 2.84. The van der Waals surface area contributed by atoms with Gasteiger partial charge in [0.05, 0.1) is 5.56 Å². The topological polar surface area (TPSA) is 76.0 Å². The second-order valence-electron chi connectivity index (χ2n) is 4.08. The molecule has 0 radical (unpaired) electrons. The third kappa shape index (κ3) is 2.18. The van der Waals surface area contributed by atoms with Gasteiger partial charge in [0.1, 0.15) is 5.56 Å². The molecule has 1 heterocycles. The van der Waals surface area contributed by atoms with Crippen molar-refractivity contribution in [3.05, 3.63) is 45.2 Å². The summed E-state index contributed by atoms with van der Waals surface area (Å²) in [6, 6.07) is 2.92. The molecule has 2 aromatic rings. The smallest absolute Gasteiger partial charge is 0.365 e. The van der Waals surface area contributed by atoms with Crippen molar-refractivity contribution in [1.82, 2.24) is 4.98 Å². The minimum atomic E-state index is -4.50. The number of pyridine rings is 1. The molecule has 0 fully saturated rings. The molecular weight excluding hydrogens is 261 g/mol. The molecule has 1 aromatic heterocycles. The van der Waals surface area contributed by atoms with Gasteiger partial charge in [0.15, 0.2) is 0 Å². The summed E-state index contributed by atoms with van der Waals surface area (Å²) in [5.74, 6) is -0.916. The Labute approximate surface area is 105 Å². The normalized spacial score (nSPS) is 11.8. The van der Waals surface area contributed by atoms with E-state index in [-0.39, 0.29) is 16.6 Å². The van der Waals surface area contributed by atoms with Crippen molar-refractivity contribution in [1.29, 1.82) is 0 Å². The lowest BCUT2D eigenvalue weighted by atomic mass is 10.0. The molecule has 1 aromatic carbocycles. The van der Waals surface area contributed by atoms with Crippen LogP contribution in [0, 0.1) is 6.92 Å². The predicted molar refractivity (Wildman–Crippen MR) is 62.8 cm³/mol. The van der Waals surface area contributed by atoms with E-state index in [2.05, 4.69) is 4.98 Å². The number of fused-ring (bicyclic) bond motifs is 1. The highest BCUT2D eigenvalue weighted by Gasteiger charge is 2.30. The minimum absolute atomic E-state index is 0.0160. The van der Waals surface area contributed by atoms with Gasteiger partial charge in [0, 0.05) is 10.9 Å². The van der Waals surface area contributed by atoms with Gasteiger partial charge in [-0.15, -0.1) is 0 Å². The maximum atomic E-state index is 12.6. The average Bonchev–Trinajstić information content (AvgIpc) is 2.26. The third-order valence-electron chi connectivity index (χ3n) is 2.85. The van der Waals surface area contributed by atoms with E-state index in [0.29, 0.717) is 5.39 Å². The number of rotatable bonds is 1. The predicted octanol–water partition coefficient (Wildman–Crippen LogP) is 1.95. The molecule has 19 heavy (non-hydrogen) atoms. The standard InChI is InChI=1S/C12H9F3N2O2/c1-5-7-3-2-6(12(13,14)15)4-8(7)17-11(19)9(5)10(16)18/h2-4H,1H3,(H2,16,18)(H,17,19). The molecule has 0 unspecified atom stereocenters. The van der Waals surface area contributed by atoms with Crippen molar-refractivity contribution in [2.24, 2.45) is 5.73 Å². The number of hydrogen-bond donors (Lipinski definition) is 2. The maximum absolute atomic E-state index is 12.6. The van der Waals surface area contributed by atoms with Crippen molar-refractivity contribution in [2.45, 2.75) is 13.1 Å². The van der Waals surface area contributed by atoms with Crippen LogP contribution in [0.3, 0.4) is 0 Å². The number of nitrogens with two attached hydrogens (primary N) is 1. The summed E-state index contributed by atoms with van der Waals surface area (Å²) in [7, 11) is 0. The van der Waals surface area contributed by atoms with E-state index in [0.717, 1.165) is 12.1 Å². The molecule has 0 saturated carbocycles. The number of H-pyrrole nitrogens is 1. The van der Waals surface area contributed by atoms with Crippen LogP contribution in [0.15, 0.2) is 23.0 Å². The highest BCUT2D eigenvalue weighted by Crippen LogP contribution is 2.31. The van der Waals surface area contributed by atoms with E-state index < -0.39 is 23.2 Å². The molecule has 3 N–H and O–H groups in total. The Morgan fingerprint density at radius 3 is 2.47 bits per heavy atom. The number of primary amides is 1. The molecule has 0 aliphatic carbocycles. The first kappa shape index (κ1) is 13.1. The molecule has 0 saturated heterocycles. The largest absolute Gasteiger partial charge is 0.416 e. The fourth-order valence-electron chi connectivity index (χ4n) is 1.94. The lowest BCUT2D eigenvalue weighted by Gasteiger charge is -2.10.